The molecule has 520 valence electrons. The highest BCUT2D eigenvalue weighted by molar-refractivity contribution is 7.00. The second-order valence-corrected chi connectivity index (χ2v) is 33.1. The average Bonchev–Trinajstić information content (AvgIpc) is 0.944. The summed E-state index contributed by atoms with van der Waals surface area (Å²) in [4.78, 5) is 5.38. The van der Waals surface area contributed by atoms with Crippen molar-refractivity contribution in [2.75, 3.05) is 9.80 Å². The van der Waals surface area contributed by atoms with Gasteiger partial charge < -0.3 is 18.9 Å². The Morgan fingerprint density at radius 3 is 0.852 bits per heavy atom. The molecule has 19 rings (SSSR count). The van der Waals surface area contributed by atoms with Crippen LogP contribution in [0, 0.1) is 5.41 Å². The molecule has 0 N–H and O–H groups in total. The van der Waals surface area contributed by atoms with Crippen LogP contribution in [0.3, 0.4) is 0 Å². The number of benzene rings is 15. The predicted octanol–water partition coefficient (Wildman–Crippen LogP) is 26.1. The smallest absolute Gasteiger partial charge is 0.252 e. The Balaban J connectivity index is 0.924. The Morgan fingerprint density at radius 1 is 0.250 bits per heavy atom. The fraction of sp³-hybridized carbons (Fsp3) is 0.126. The molecular weight excluding hydrogens is 1300 g/mol. The molecule has 15 aromatic carbocycles. The van der Waals surface area contributed by atoms with Crippen LogP contribution in [-0.4, -0.2) is 15.8 Å². The molecule has 2 aliphatic rings. The third-order valence-corrected chi connectivity index (χ3v) is 22.7. The Morgan fingerprint density at radius 2 is 0.556 bits per heavy atom. The first kappa shape index (κ1) is 66.3. The van der Waals surface area contributed by atoms with E-state index in [1.54, 1.807) is 0 Å². The average molecular weight is 1390 g/mol. The second kappa shape index (κ2) is 25.7. The van der Waals surface area contributed by atoms with Gasteiger partial charge in [0, 0.05) is 66.8 Å². The van der Waals surface area contributed by atoms with Crippen molar-refractivity contribution in [1.29, 1.82) is 0 Å². The Labute approximate surface area is 635 Å². The first-order valence-electron chi connectivity index (χ1n) is 38.3. The van der Waals surface area contributed by atoms with Crippen molar-refractivity contribution in [2.45, 2.75) is 79.6 Å². The van der Waals surface area contributed by atoms with Gasteiger partial charge in [-0.15, -0.1) is 0 Å². The molecule has 0 radical (unpaired) electrons. The van der Waals surface area contributed by atoms with Crippen LogP contribution in [0.15, 0.2) is 340 Å². The van der Waals surface area contributed by atoms with Crippen LogP contribution in [0.5, 0.6) is 0 Å². The lowest BCUT2D eigenvalue weighted by Gasteiger charge is -2.45. The van der Waals surface area contributed by atoms with Gasteiger partial charge >= 0.3 is 0 Å². The van der Waals surface area contributed by atoms with Crippen LogP contribution in [0.4, 0.5) is 34.1 Å². The third-order valence-electron chi connectivity index (χ3n) is 22.7. The third kappa shape index (κ3) is 11.5. The van der Waals surface area contributed by atoms with Crippen LogP contribution in [0.2, 0.25) is 0 Å². The second-order valence-electron chi connectivity index (χ2n) is 33.1. The molecular formula is C103H85BN4. The monoisotopic (exact) mass is 1390 g/mol. The Hall–Kier alpha value is -12.4. The van der Waals surface area contributed by atoms with Crippen molar-refractivity contribution < 1.29 is 0 Å². The number of hydrogen-bond acceptors (Lipinski definition) is 2. The maximum Gasteiger partial charge on any atom is 0.252 e. The summed E-state index contributed by atoms with van der Waals surface area (Å²) in [5.74, 6) is 0. The van der Waals surface area contributed by atoms with E-state index in [-0.39, 0.29) is 23.0 Å². The Kier molecular flexibility index (Phi) is 15.8. The number of nitrogens with zero attached hydrogens (tertiary/aromatic N) is 4. The van der Waals surface area contributed by atoms with Crippen LogP contribution in [0.1, 0.15) is 79.0 Å². The number of aromatic nitrogens is 2. The highest BCUT2D eigenvalue weighted by atomic mass is 15.2. The summed E-state index contributed by atoms with van der Waals surface area (Å²) in [5.41, 5.74) is 35.3. The van der Waals surface area contributed by atoms with E-state index < -0.39 is 0 Å². The van der Waals surface area contributed by atoms with Gasteiger partial charge in [0.1, 0.15) is 0 Å². The molecule has 4 heterocycles. The lowest BCUT2D eigenvalue weighted by atomic mass is 9.33. The highest BCUT2D eigenvalue weighted by Crippen LogP contribution is 2.52. The quantitative estimate of drug-likeness (QED) is 0.120. The summed E-state index contributed by atoms with van der Waals surface area (Å²) in [6.07, 6.45) is 0.844. The Bertz CT molecular complexity index is 5800. The van der Waals surface area contributed by atoms with Gasteiger partial charge in [0.2, 0.25) is 0 Å². The molecule has 0 unspecified atom stereocenters. The maximum absolute atomic E-state index is 2.69. The molecule has 2 aromatic heterocycles. The molecule has 2 aliphatic heterocycles. The highest BCUT2D eigenvalue weighted by Gasteiger charge is 2.45. The number of hydrogen-bond donors (Lipinski definition) is 0. The fourth-order valence-electron chi connectivity index (χ4n) is 17.5. The van der Waals surface area contributed by atoms with E-state index in [1.165, 1.54) is 133 Å². The summed E-state index contributed by atoms with van der Waals surface area (Å²) < 4.78 is 5.08. The van der Waals surface area contributed by atoms with Crippen LogP contribution in [0.25, 0.3) is 122 Å². The van der Waals surface area contributed by atoms with Gasteiger partial charge in [-0.25, -0.2) is 0 Å². The van der Waals surface area contributed by atoms with Crippen molar-refractivity contribution in [3.8, 4) is 78.1 Å². The molecule has 0 aliphatic carbocycles. The molecule has 4 nitrogen and oxygen atoms in total. The van der Waals surface area contributed by atoms with Gasteiger partial charge in [0.15, 0.2) is 0 Å². The maximum atomic E-state index is 2.69. The molecule has 5 heteroatoms. The molecule has 0 saturated carbocycles. The number of anilines is 6. The van der Waals surface area contributed by atoms with Crippen LogP contribution in [-0.2, 0) is 17.3 Å². The van der Waals surface area contributed by atoms with Gasteiger partial charge in [-0.1, -0.05) is 293 Å². The van der Waals surface area contributed by atoms with Crippen LogP contribution >= 0.6 is 0 Å². The molecule has 0 amide bonds. The van der Waals surface area contributed by atoms with Crippen molar-refractivity contribution in [1.82, 2.24) is 9.13 Å². The van der Waals surface area contributed by atoms with Crippen molar-refractivity contribution in [2.24, 2.45) is 5.41 Å². The van der Waals surface area contributed by atoms with Gasteiger partial charge in [-0.05, 0) is 221 Å². The largest absolute Gasteiger partial charge is 0.311 e. The summed E-state index contributed by atoms with van der Waals surface area (Å²) in [6.45, 7) is 21.0. The topological polar surface area (TPSA) is 16.3 Å². The zero-order chi connectivity index (χ0) is 73.3. The van der Waals surface area contributed by atoms with Gasteiger partial charge in [-0.3, -0.25) is 0 Å². The first-order chi connectivity index (χ1) is 52.4. The summed E-state index contributed by atoms with van der Waals surface area (Å²) >= 11 is 0. The van der Waals surface area contributed by atoms with Crippen molar-refractivity contribution >= 4 is 101 Å². The summed E-state index contributed by atoms with van der Waals surface area (Å²) in [5, 5.41) is 4.85. The van der Waals surface area contributed by atoms with Gasteiger partial charge in [-0.2, -0.15) is 0 Å². The SMILES string of the molecule is CC(C)(C)Cc1cc2c3c(c1)N(c1ccc(C(C)(C)C)cc1-c1ccccc1)c1cc(-n4c5ccc(-c6ccccc6)cc5c5cc(-c6ccccc6)ccc54)ccc1B3c1ccc(-n3c4ccc(-c5ccccc5)cc4c4cc(-c5ccccc5)ccc43)cc1N2c1ccc(C(C)(C)C)cc1-c1ccccc1. The van der Waals surface area contributed by atoms with E-state index in [2.05, 4.69) is 421 Å². The van der Waals surface area contributed by atoms with E-state index in [9.17, 15) is 0 Å². The first-order valence-corrected chi connectivity index (χ1v) is 38.3. The van der Waals surface area contributed by atoms with Crippen molar-refractivity contribution in [3.63, 3.8) is 0 Å². The summed E-state index contributed by atoms with van der Waals surface area (Å²) in [7, 11) is 0. The standard InChI is InChI=1S/C103H85BN4/c1-101(2,3)66-67-56-98-100-99(57-67)108(91-55-45-79(103(7,8)9)63-83(91)73-38-26-15-27-39-73)97-65-81(106-94-52-42-76(70-32-20-12-21-33-70)60-86(94)87-61-77(43-53-95(87)106)71-34-22-13-23-35-71)47-49-89(97)104(100)88-48-46-80(64-96(88)107(98)90-54-44-78(102(4,5)6)62-82(90)72-36-24-14-25-37-72)105-92-50-40-74(68-28-16-10-17-29-68)58-84(92)85-59-75(41-51-93(85)105)69-30-18-11-19-31-69/h10-65H,66H2,1-9H3. The zero-order valence-corrected chi connectivity index (χ0v) is 62.9. The minimum Gasteiger partial charge on any atom is -0.311 e. The minimum atomic E-state index is -0.206. The lowest BCUT2D eigenvalue weighted by Crippen LogP contribution is -2.61. The molecule has 0 atom stereocenters. The molecule has 17 aromatic rings. The van der Waals surface area contributed by atoms with E-state index in [0.717, 1.165) is 62.6 Å². The molecule has 0 fully saturated rings. The summed E-state index contributed by atoms with van der Waals surface area (Å²) in [6, 6.07) is 129. The van der Waals surface area contributed by atoms with Crippen LogP contribution < -0.4 is 26.2 Å². The molecule has 0 saturated heterocycles. The predicted molar refractivity (Wildman–Crippen MR) is 462 cm³/mol. The van der Waals surface area contributed by atoms with E-state index in [1.807, 2.05) is 0 Å². The van der Waals surface area contributed by atoms with E-state index in [4.69, 9.17) is 0 Å². The molecule has 0 spiro atoms. The van der Waals surface area contributed by atoms with E-state index in [0.29, 0.717) is 0 Å². The normalized spacial score (nSPS) is 12.8. The van der Waals surface area contributed by atoms with Gasteiger partial charge in [0.25, 0.3) is 6.71 Å². The van der Waals surface area contributed by atoms with E-state index >= 15 is 0 Å². The van der Waals surface area contributed by atoms with Gasteiger partial charge in [0.05, 0.1) is 33.4 Å². The number of fused-ring (bicyclic) bond motifs is 10. The lowest BCUT2D eigenvalue weighted by molar-refractivity contribution is 0.411. The number of rotatable bonds is 11. The fourth-order valence-corrected chi connectivity index (χ4v) is 17.5. The molecule has 108 heavy (non-hydrogen) atoms. The van der Waals surface area contributed by atoms with Crippen molar-refractivity contribution in [3.05, 3.63) is 356 Å². The molecule has 0 bridgehead atoms. The minimum absolute atomic E-state index is 0.0722. The zero-order valence-electron chi connectivity index (χ0n) is 62.9.